The minimum atomic E-state index is -1.19. The van der Waals surface area contributed by atoms with Crippen LogP contribution in [-0.4, -0.2) is 135 Å². The van der Waals surface area contributed by atoms with E-state index in [0.717, 1.165) is 66.0 Å². The number of aliphatic carboxylic acids is 1. The van der Waals surface area contributed by atoms with Crippen molar-refractivity contribution in [2.24, 2.45) is 5.73 Å². The number of amides is 2. The summed E-state index contributed by atoms with van der Waals surface area (Å²) in [5, 5.41) is 35.1. The molecule has 4 heterocycles. The molecule has 0 aliphatic carbocycles. The second-order valence-electron chi connectivity index (χ2n) is 30.5. The number of carboxylic acids is 2. The Labute approximate surface area is 940 Å². The molecule has 2 amide bonds. The van der Waals surface area contributed by atoms with Crippen molar-refractivity contribution in [3.05, 3.63) is 392 Å². The number of nitrogens with zero attached hydrogens (tertiary/aromatic N) is 4. The van der Waals surface area contributed by atoms with Crippen LogP contribution in [0.15, 0.2) is 267 Å². The Morgan fingerprint density at radius 1 is 0.310 bits per heavy atom. The van der Waals surface area contributed by atoms with E-state index < -0.39 is 59.1 Å². The number of carboxylic acid groups (broad SMARTS) is 2. The minimum absolute atomic E-state index is 0. The van der Waals surface area contributed by atoms with Gasteiger partial charge in [-0.2, -0.15) is 0 Å². The molecule has 0 spiro atoms. The first-order chi connectivity index (χ1) is 67.8. The van der Waals surface area contributed by atoms with E-state index in [1.807, 2.05) is 103 Å². The molecule has 145 heavy (non-hydrogen) atoms. The molecule has 16 aromatic rings. The topological polar surface area (TPSA) is 348 Å². The number of halogens is 17. The van der Waals surface area contributed by atoms with Crippen LogP contribution in [0.1, 0.15) is 71.1 Å². The van der Waals surface area contributed by atoms with Gasteiger partial charge in [0.1, 0.15) is 24.2 Å². The van der Waals surface area contributed by atoms with Crippen molar-refractivity contribution in [3.63, 3.8) is 0 Å². The van der Waals surface area contributed by atoms with Crippen LogP contribution in [0.25, 0.3) is 88.6 Å². The van der Waals surface area contributed by atoms with Crippen LogP contribution >= 0.6 is 197 Å². The van der Waals surface area contributed by atoms with Crippen molar-refractivity contribution >= 4 is 288 Å². The van der Waals surface area contributed by atoms with Crippen molar-refractivity contribution in [3.8, 4) is 45.0 Å². The van der Waals surface area contributed by atoms with Crippen LogP contribution in [0.2, 0.25) is 80.4 Å². The van der Waals surface area contributed by atoms with Crippen molar-refractivity contribution < 1.29 is 97.8 Å². The number of ether oxygens (including phenoxy) is 3. The first-order valence-electron chi connectivity index (χ1n) is 41.9. The zero-order valence-corrected chi connectivity index (χ0v) is 90.5. The van der Waals surface area contributed by atoms with Crippen molar-refractivity contribution in [1.29, 1.82) is 0 Å². The van der Waals surface area contributed by atoms with Gasteiger partial charge in [0, 0.05) is 56.6 Å². The number of fused-ring (bicyclic) bond motifs is 4. The molecule has 0 fully saturated rings. The van der Waals surface area contributed by atoms with Gasteiger partial charge in [-0.1, -0.05) is 290 Å². The molecule has 0 aliphatic heterocycles. The van der Waals surface area contributed by atoms with Crippen LogP contribution < -0.4 is 51.2 Å². The van der Waals surface area contributed by atoms with Gasteiger partial charge < -0.3 is 51.6 Å². The summed E-state index contributed by atoms with van der Waals surface area (Å²) in [5.41, 5.74) is 18.0. The molecular weight excluding hydrogens is 2220 g/mol. The fraction of sp³-hybridized carbons (Fsp3) is 0.124. The number of aromatic nitrogens is 4. The van der Waals surface area contributed by atoms with E-state index in [1.165, 1.54) is 45.6 Å². The standard InChI is InChI=1S/C26H18Cl4N2O3.C25H16Cl4N2O3.C20H18Cl2N2O2.C19H16Cl2N2O2.C7H3Cl3O.C7H4Cl2O2.CH4.Na.H2O/c1-35-26(34)22(32-25(33)24-18(29)6-3-7-19(24)30)13-14-8-10-20-15(12-14)9-11-21(31-20)23-16(27)4-2-5-17(23)28;26-15-3-1-4-16(27)22(15)20-10-8-14-11-13(7-9-19(14)30-20)12-21(25(33)34)31-24(32)23-17(28)5-2-6-18(23)29;1-23-18(20(25)26-2)11-12-6-8-16-13(10-12)7-9-17(24-16)19-14(21)4-3-5-15(19)22;1-25-19(24)15(22)10-11-5-7-16-12(9-11)6-8-17(23-16)18-13(20)3-2-4-14(18)21;2*8-4-2-1-3-5(9)6(4)7(10)11;;;/h2-12,22H,13H2,1H3,(H,32,33);1-11,21H,12H2,(H,31,32)(H,33,34);3-10,18,23H,11H2,1-2H3;2-9,15H,10,22H2,1H3;1-3H;1-3H,(H,10,11);1H4;;1H2/q;;;;;;;+1;/p-1. The smallest absolute Gasteiger partial charge is 0.870 e. The first-order valence-corrected chi connectivity index (χ1v) is 48.3. The van der Waals surface area contributed by atoms with Crippen molar-refractivity contribution in [2.45, 2.75) is 57.3 Å². The number of likely N-dealkylation sites (N-methyl/N-ethyl adjacent to an activating group) is 1. The second kappa shape index (κ2) is 57.0. The predicted octanol–water partition coefficient (Wildman–Crippen LogP) is 26.3. The zero-order valence-electron chi connectivity index (χ0n) is 75.7. The number of hydrogen-bond acceptors (Lipinski definition) is 18. The molecule has 0 saturated heterocycles. The SMILES string of the molecule is C.CNC(Cc1ccc2nc(-c3c(Cl)cccc3Cl)ccc2c1)C(=O)OC.COC(=O)C(Cc1ccc2nc(-c3c(Cl)cccc3Cl)ccc2c1)NC(=O)c1c(Cl)cccc1Cl.COC(=O)C(N)Cc1ccc2nc(-c3c(Cl)cccc3Cl)ccc2c1.O=C(Cl)c1c(Cl)cccc1Cl.O=C(NC(Cc1ccc2nc(-c3c(Cl)cccc3Cl)ccc2c1)C(=O)O)c1c(Cl)cccc1Cl.O=C(O)c1c(Cl)cccc1Cl.[Na+].[OH-]. The number of methoxy groups -OCH3 is 3. The zero-order chi connectivity index (χ0) is 103. The minimum Gasteiger partial charge on any atom is -0.870 e. The molecule has 40 heteroatoms. The van der Waals surface area contributed by atoms with Gasteiger partial charge in [0.25, 0.3) is 17.1 Å². The van der Waals surface area contributed by atoms with E-state index in [-0.39, 0.29) is 130 Å². The first kappa shape index (κ1) is 120. The summed E-state index contributed by atoms with van der Waals surface area (Å²) in [7, 11) is 5.71. The summed E-state index contributed by atoms with van der Waals surface area (Å²) in [6.45, 7) is 0. The maximum absolute atomic E-state index is 12.8. The summed E-state index contributed by atoms with van der Waals surface area (Å²) in [6, 6.07) is 74.5. The van der Waals surface area contributed by atoms with Gasteiger partial charge in [0.05, 0.1) is 169 Å². The van der Waals surface area contributed by atoms with E-state index >= 15 is 0 Å². The van der Waals surface area contributed by atoms with E-state index in [9.17, 15) is 43.5 Å². The normalized spacial score (nSPS) is 11.4. The van der Waals surface area contributed by atoms with Crippen LogP contribution in [0.4, 0.5) is 0 Å². The Bertz CT molecular complexity index is 7270. The molecule has 0 aliphatic rings. The second-order valence-corrected chi connectivity index (χ2v) is 37.3. The van der Waals surface area contributed by atoms with Gasteiger partial charge in [-0.25, -0.2) is 34.3 Å². The van der Waals surface area contributed by atoms with Gasteiger partial charge in [-0.3, -0.25) is 24.0 Å². The van der Waals surface area contributed by atoms with E-state index in [4.69, 9.17) is 218 Å². The maximum atomic E-state index is 12.8. The molecule has 16 rings (SSSR count). The molecular formula is C105H80Cl17N8NaO14. The van der Waals surface area contributed by atoms with Crippen LogP contribution in [0, 0.1) is 0 Å². The van der Waals surface area contributed by atoms with Crippen LogP contribution in [0.5, 0.6) is 0 Å². The monoisotopic (exact) mass is 2290 g/mol. The number of carbonyl (C=O) groups is 8. The third kappa shape index (κ3) is 32.1. The summed E-state index contributed by atoms with van der Waals surface area (Å²) >= 11 is 102. The van der Waals surface area contributed by atoms with E-state index in [2.05, 4.69) is 40.6 Å². The molecule has 12 aromatic carbocycles. The van der Waals surface area contributed by atoms with Gasteiger partial charge in [-0.05, 0) is 224 Å². The summed E-state index contributed by atoms with van der Waals surface area (Å²) < 4.78 is 14.4. The molecule has 4 atom stereocenters. The average molecular weight is 2300 g/mol. The Morgan fingerprint density at radius 2 is 0.538 bits per heavy atom. The van der Waals surface area contributed by atoms with Crippen LogP contribution in [-0.2, 0) is 59.1 Å². The summed E-state index contributed by atoms with van der Waals surface area (Å²) in [4.78, 5) is 113. The Hall–Kier alpha value is -9.95. The summed E-state index contributed by atoms with van der Waals surface area (Å²) in [5.74, 6) is -4.83. The number of pyridine rings is 4. The molecule has 22 nitrogen and oxygen atoms in total. The van der Waals surface area contributed by atoms with Gasteiger partial charge in [0.15, 0.2) is 0 Å². The molecule has 0 bridgehead atoms. The van der Waals surface area contributed by atoms with E-state index in [0.29, 0.717) is 97.9 Å². The number of nitrogens with two attached hydrogens (primary N) is 1. The largest absolute Gasteiger partial charge is 1.00 e. The number of esters is 3. The number of rotatable bonds is 23. The predicted molar refractivity (Wildman–Crippen MR) is 582 cm³/mol. The fourth-order valence-corrected chi connectivity index (χ4v) is 19.1. The molecule has 0 radical (unpaired) electrons. The Morgan fingerprint density at radius 3 is 0.772 bits per heavy atom. The number of aromatic carboxylic acids is 1. The molecule has 0 saturated carbocycles. The molecule has 8 N–H and O–H groups in total. The fourth-order valence-electron chi connectivity index (χ4n) is 14.2. The number of hydrogen-bond donors (Lipinski definition) is 6. The number of carbonyl (C=O) groups excluding carboxylic acids is 6. The average Bonchev–Trinajstić information content (AvgIpc) is 0.798. The Kier molecular flexibility index (Phi) is 47.3. The van der Waals surface area contributed by atoms with Crippen molar-refractivity contribution in [1.82, 2.24) is 35.9 Å². The molecule has 744 valence electrons. The van der Waals surface area contributed by atoms with Crippen molar-refractivity contribution in [2.75, 3.05) is 28.4 Å². The maximum Gasteiger partial charge on any atom is 1.00 e. The van der Waals surface area contributed by atoms with Gasteiger partial charge in [0.2, 0.25) is 0 Å². The third-order valence-corrected chi connectivity index (χ3v) is 26.3. The Balaban J connectivity index is 0.000000220. The number of nitrogens with one attached hydrogen (secondary N) is 3. The molecule has 4 aromatic heterocycles. The van der Waals surface area contributed by atoms with Gasteiger partial charge >= 0.3 is 59.4 Å². The van der Waals surface area contributed by atoms with Crippen LogP contribution in [0.3, 0.4) is 0 Å². The number of benzene rings is 12. The van der Waals surface area contributed by atoms with E-state index in [1.54, 1.807) is 147 Å². The quantitative estimate of drug-likeness (QED) is 0.0150. The van der Waals surface area contributed by atoms with Gasteiger partial charge in [-0.15, -0.1) is 0 Å². The summed E-state index contributed by atoms with van der Waals surface area (Å²) in [6.07, 6.45) is 1.18. The molecule has 4 unspecified atom stereocenters. The third-order valence-electron chi connectivity index (χ3n) is 21.1.